The average Bonchev–Trinajstić information content (AvgIpc) is 2.51. The molecule has 0 spiro atoms. The second-order valence-electron chi connectivity index (χ2n) is 2.76. The van der Waals surface area contributed by atoms with Gasteiger partial charge in [-0.15, -0.1) is 6.58 Å². The molecule has 1 aliphatic heterocycles. The molecule has 0 radical (unpaired) electrons. The van der Waals surface area contributed by atoms with E-state index in [9.17, 15) is 0 Å². The molecule has 0 saturated heterocycles. The predicted octanol–water partition coefficient (Wildman–Crippen LogP) is 0.575. The molecule has 1 heterocycles. The van der Waals surface area contributed by atoms with Crippen molar-refractivity contribution in [3.63, 3.8) is 0 Å². The molecule has 0 aliphatic carbocycles. The minimum Gasteiger partial charge on any atom is -0.273 e. The van der Waals surface area contributed by atoms with Crippen molar-refractivity contribution in [2.24, 2.45) is 4.99 Å². The van der Waals surface area contributed by atoms with Gasteiger partial charge in [0, 0.05) is 6.42 Å². The molecule has 0 fully saturated rings. The van der Waals surface area contributed by atoms with Crippen LogP contribution in [0.2, 0.25) is 0 Å². The van der Waals surface area contributed by atoms with E-state index in [1.54, 1.807) is 0 Å². The highest BCUT2D eigenvalue weighted by atomic mass is 32.3. The van der Waals surface area contributed by atoms with Crippen LogP contribution in [0.5, 0.6) is 0 Å². The first-order valence-electron chi connectivity index (χ1n) is 4.63. The van der Waals surface area contributed by atoms with Gasteiger partial charge in [-0.2, -0.15) is 8.42 Å². The maximum absolute atomic E-state index is 8.74. The number of hydroxylamine groups is 2. The van der Waals surface area contributed by atoms with Crippen molar-refractivity contribution in [1.29, 1.82) is 0 Å². The summed E-state index contributed by atoms with van der Waals surface area (Å²) in [5.41, 5.74) is 0. The van der Waals surface area contributed by atoms with Gasteiger partial charge in [-0.3, -0.25) is 18.9 Å². The van der Waals surface area contributed by atoms with Crippen LogP contribution in [-0.4, -0.2) is 48.1 Å². The summed E-state index contributed by atoms with van der Waals surface area (Å²) in [7, 11) is -4.67. The molecular formula is C8H16N2O5S. The molecule has 1 rings (SSSR count). The highest BCUT2D eigenvalue weighted by Crippen LogP contribution is 2.05. The zero-order chi connectivity index (χ0) is 12.6. The van der Waals surface area contributed by atoms with E-state index < -0.39 is 10.4 Å². The fourth-order valence-corrected chi connectivity index (χ4v) is 1.07. The van der Waals surface area contributed by atoms with E-state index >= 15 is 0 Å². The van der Waals surface area contributed by atoms with Crippen molar-refractivity contribution in [1.82, 2.24) is 5.06 Å². The Bertz CT molecular complexity index is 330. The fourth-order valence-electron chi connectivity index (χ4n) is 1.07. The Labute approximate surface area is 95.0 Å². The van der Waals surface area contributed by atoms with Crippen LogP contribution in [0.15, 0.2) is 17.6 Å². The van der Waals surface area contributed by atoms with Crippen LogP contribution in [0.3, 0.4) is 0 Å². The highest BCUT2D eigenvalue weighted by Gasteiger charge is 2.14. The molecule has 0 bridgehead atoms. The van der Waals surface area contributed by atoms with Crippen molar-refractivity contribution in [2.45, 2.75) is 13.3 Å². The van der Waals surface area contributed by atoms with E-state index in [1.165, 1.54) is 0 Å². The van der Waals surface area contributed by atoms with Crippen molar-refractivity contribution < 1.29 is 22.4 Å². The van der Waals surface area contributed by atoms with Crippen molar-refractivity contribution in [3.8, 4) is 0 Å². The summed E-state index contributed by atoms with van der Waals surface area (Å²) >= 11 is 0. The van der Waals surface area contributed by atoms with E-state index in [1.807, 2.05) is 18.1 Å². The summed E-state index contributed by atoms with van der Waals surface area (Å²) < 4.78 is 31.6. The third-order valence-corrected chi connectivity index (χ3v) is 1.50. The average molecular weight is 252 g/mol. The standard InChI is InChI=1S/C8H14N2O.H2O4S/c1-3-5-8-9-6-7-10(8)11-4-2;1-5(2,3)4/h3H,1,4-7H2,2H3;(H2,1,2,3,4). The zero-order valence-electron chi connectivity index (χ0n) is 9.03. The third-order valence-electron chi connectivity index (χ3n) is 1.50. The lowest BCUT2D eigenvalue weighted by Gasteiger charge is -2.17. The normalized spacial score (nSPS) is 15.2. The van der Waals surface area contributed by atoms with Gasteiger partial charge in [0.2, 0.25) is 0 Å². The fraction of sp³-hybridized carbons (Fsp3) is 0.625. The van der Waals surface area contributed by atoms with Crippen LogP contribution >= 0.6 is 0 Å². The SMILES string of the molecule is C=CCC1=NCCN1OCC.O=S(=O)(O)O. The molecule has 0 atom stereocenters. The molecule has 2 N–H and O–H groups in total. The topological polar surface area (TPSA) is 99.4 Å². The molecule has 0 unspecified atom stereocenters. The molecule has 0 saturated carbocycles. The maximum atomic E-state index is 8.74. The Morgan fingerprint density at radius 2 is 2.19 bits per heavy atom. The molecule has 0 aromatic rings. The minimum atomic E-state index is -4.67. The van der Waals surface area contributed by atoms with Gasteiger partial charge in [0.1, 0.15) is 5.84 Å². The number of aliphatic imine (C=N–C) groups is 1. The van der Waals surface area contributed by atoms with Crippen molar-refractivity contribution in [2.75, 3.05) is 19.7 Å². The Balaban J connectivity index is 0.000000385. The molecule has 94 valence electrons. The van der Waals surface area contributed by atoms with Crippen LogP contribution in [0.25, 0.3) is 0 Å². The lowest BCUT2D eigenvalue weighted by Crippen LogP contribution is -2.27. The quantitative estimate of drug-likeness (QED) is 0.560. The maximum Gasteiger partial charge on any atom is 0.394 e. The molecule has 8 heteroatoms. The van der Waals surface area contributed by atoms with E-state index in [4.69, 9.17) is 22.4 Å². The number of hydrogen-bond donors (Lipinski definition) is 2. The van der Waals surface area contributed by atoms with E-state index in [2.05, 4.69) is 11.6 Å². The number of amidine groups is 1. The minimum absolute atomic E-state index is 0.705. The van der Waals surface area contributed by atoms with Gasteiger partial charge in [-0.25, -0.2) is 5.06 Å². The second-order valence-corrected chi connectivity index (χ2v) is 3.65. The van der Waals surface area contributed by atoms with Crippen LogP contribution in [0, 0.1) is 0 Å². The first-order valence-corrected chi connectivity index (χ1v) is 6.02. The highest BCUT2D eigenvalue weighted by molar-refractivity contribution is 7.79. The van der Waals surface area contributed by atoms with Gasteiger partial charge in [0.15, 0.2) is 0 Å². The number of nitrogens with zero attached hydrogens (tertiary/aromatic N) is 2. The summed E-state index contributed by atoms with van der Waals surface area (Å²) in [5.74, 6) is 1.00. The van der Waals surface area contributed by atoms with Gasteiger partial charge in [-0.05, 0) is 6.92 Å². The predicted molar refractivity (Wildman–Crippen MR) is 59.6 cm³/mol. The van der Waals surface area contributed by atoms with Gasteiger partial charge >= 0.3 is 10.4 Å². The van der Waals surface area contributed by atoms with Crippen LogP contribution in [0.1, 0.15) is 13.3 Å². The first-order chi connectivity index (χ1) is 7.38. The van der Waals surface area contributed by atoms with Gasteiger partial charge in [-0.1, -0.05) is 6.08 Å². The third kappa shape index (κ3) is 8.36. The number of hydrogen-bond acceptors (Lipinski definition) is 5. The lowest BCUT2D eigenvalue weighted by atomic mass is 10.4. The molecule has 16 heavy (non-hydrogen) atoms. The second kappa shape index (κ2) is 7.34. The van der Waals surface area contributed by atoms with Crippen molar-refractivity contribution in [3.05, 3.63) is 12.7 Å². The van der Waals surface area contributed by atoms with Gasteiger partial charge < -0.3 is 0 Å². The van der Waals surface area contributed by atoms with Crippen LogP contribution < -0.4 is 0 Å². The summed E-state index contributed by atoms with van der Waals surface area (Å²) in [6.07, 6.45) is 2.65. The molecule has 1 aliphatic rings. The smallest absolute Gasteiger partial charge is 0.273 e. The van der Waals surface area contributed by atoms with E-state index in [0.29, 0.717) is 6.61 Å². The Morgan fingerprint density at radius 1 is 1.62 bits per heavy atom. The Kier molecular flexibility index (Phi) is 6.90. The molecular weight excluding hydrogens is 236 g/mol. The summed E-state index contributed by atoms with van der Waals surface area (Å²) in [6, 6.07) is 0. The number of rotatable bonds is 4. The van der Waals surface area contributed by atoms with Crippen LogP contribution in [0.4, 0.5) is 0 Å². The van der Waals surface area contributed by atoms with E-state index in [-0.39, 0.29) is 0 Å². The van der Waals surface area contributed by atoms with E-state index in [0.717, 1.165) is 25.3 Å². The summed E-state index contributed by atoms with van der Waals surface area (Å²) in [5, 5.41) is 1.85. The Hall–Kier alpha value is -0.960. The van der Waals surface area contributed by atoms with Gasteiger partial charge in [0.05, 0.1) is 19.7 Å². The van der Waals surface area contributed by atoms with Gasteiger partial charge in [0.25, 0.3) is 0 Å². The Morgan fingerprint density at radius 3 is 2.62 bits per heavy atom. The molecule has 7 nitrogen and oxygen atoms in total. The monoisotopic (exact) mass is 252 g/mol. The molecule has 0 amide bonds. The largest absolute Gasteiger partial charge is 0.394 e. The summed E-state index contributed by atoms with van der Waals surface area (Å²) in [4.78, 5) is 9.59. The molecule has 0 aromatic heterocycles. The van der Waals surface area contributed by atoms with Crippen LogP contribution in [-0.2, 0) is 15.2 Å². The lowest BCUT2D eigenvalue weighted by molar-refractivity contribution is -0.0858. The first kappa shape index (κ1) is 15.0. The van der Waals surface area contributed by atoms with Crippen molar-refractivity contribution >= 4 is 16.2 Å². The zero-order valence-corrected chi connectivity index (χ0v) is 9.85. The summed E-state index contributed by atoms with van der Waals surface area (Å²) in [6.45, 7) is 8.07. The molecule has 0 aromatic carbocycles.